The number of carbonyl (C=O) groups is 1. The lowest BCUT2D eigenvalue weighted by atomic mass is 10.2. The molecular formula is C12H14N4O2S. The summed E-state index contributed by atoms with van der Waals surface area (Å²) in [7, 11) is 0. The van der Waals surface area contributed by atoms with Crippen molar-refractivity contribution >= 4 is 28.4 Å². The van der Waals surface area contributed by atoms with Gasteiger partial charge < -0.3 is 10.4 Å². The molecule has 0 aromatic carbocycles. The minimum atomic E-state index is -1.03. The quantitative estimate of drug-likeness (QED) is 0.893. The number of carboxylic acids is 1. The maximum Gasteiger partial charge on any atom is 0.339 e. The van der Waals surface area contributed by atoms with Crippen LogP contribution in [0.3, 0.4) is 0 Å². The molecule has 0 atom stereocenters. The molecule has 0 unspecified atom stereocenters. The molecule has 0 spiro atoms. The van der Waals surface area contributed by atoms with Gasteiger partial charge >= 0.3 is 5.97 Å². The Kier molecular flexibility index (Phi) is 3.75. The van der Waals surface area contributed by atoms with Gasteiger partial charge in [0.2, 0.25) is 5.95 Å². The molecule has 2 rings (SSSR count). The van der Waals surface area contributed by atoms with Gasteiger partial charge in [-0.25, -0.2) is 19.7 Å². The van der Waals surface area contributed by atoms with Crippen molar-refractivity contribution in [3.05, 3.63) is 28.0 Å². The van der Waals surface area contributed by atoms with Crippen LogP contribution in [-0.4, -0.2) is 26.0 Å². The molecule has 0 saturated heterocycles. The molecule has 2 heterocycles. The Hall–Kier alpha value is -2.02. The van der Waals surface area contributed by atoms with E-state index in [-0.39, 0.29) is 5.56 Å². The second-order valence-corrected chi connectivity index (χ2v) is 5.20. The number of hydrogen-bond donors (Lipinski definition) is 2. The van der Waals surface area contributed by atoms with Crippen molar-refractivity contribution in [3.8, 4) is 0 Å². The van der Waals surface area contributed by atoms with Crippen LogP contribution in [0.1, 0.15) is 33.5 Å². The molecule has 100 valence electrons. The van der Waals surface area contributed by atoms with Gasteiger partial charge in [-0.1, -0.05) is 6.92 Å². The standard InChI is InChI=1S/C12H14N4O2S/c1-4-9-7(3)19-12(15-9)16-11-13-5-8(10(17)18)6(2)14-11/h5H,4H2,1-3H3,(H,17,18)(H,13,14,15,16). The number of rotatable bonds is 4. The van der Waals surface area contributed by atoms with Gasteiger partial charge in [-0.15, -0.1) is 11.3 Å². The van der Waals surface area contributed by atoms with E-state index in [0.29, 0.717) is 11.6 Å². The van der Waals surface area contributed by atoms with Crippen LogP contribution in [0.5, 0.6) is 0 Å². The first-order valence-corrected chi connectivity index (χ1v) is 6.63. The first kappa shape index (κ1) is 13.4. The first-order chi connectivity index (χ1) is 9.01. The van der Waals surface area contributed by atoms with Gasteiger partial charge in [-0.3, -0.25) is 0 Å². The largest absolute Gasteiger partial charge is 0.478 e. The third-order valence-electron chi connectivity index (χ3n) is 2.66. The third-order valence-corrected chi connectivity index (χ3v) is 3.58. The molecular weight excluding hydrogens is 264 g/mol. The molecule has 0 fully saturated rings. The zero-order chi connectivity index (χ0) is 14.0. The van der Waals surface area contributed by atoms with Crippen LogP contribution in [-0.2, 0) is 6.42 Å². The smallest absolute Gasteiger partial charge is 0.339 e. The number of aromatic carboxylic acids is 1. The Balaban J connectivity index is 2.23. The van der Waals surface area contributed by atoms with Crippen molar-refractivity contribution in [1.29, 1.82) is 0 Å². The van der Waals surface area contributed by atoms with Gasteiger partial charge in [0.05, 0.1) is 17.0 Å². The molecule has 0 saturated carbocycles. The molecule has 0 aliphatic carbocycles. The monoisotopic (exact) mass is 278 g/mol. The Morgan fingerprint density at radius 1 is 1.42 bits per heavy atom. The number of aryl methyl sites for hydroxylation is 3. The second kappa shape index (κ2) is 5.31. The van der Waals surface area contributed by atoms with E-state index in [9.17, 15) is 4.79 Å². The van der Waals surface area contributed by atoms with Crippen molar-refractivity contribution in [2.45, 2.75) is 27.2 Å². The molecule has 0 radical (unpaired) electrons. The number of aromatic nitrogens is 3. The number of nitrogens with zero attached hydrogens (tertiary/aromatic N) is 3. The number of nitrogens with one attached hydrogen (secondary N) is 1. The van der Waals surface area contributed by atoms with E-state index in [1.54, 1.807) is 6.92 Å². The highest BCUT2D eigenvalue weighted by Crippen LogP contribution is 2.24. The maximum atomic E-state index is 10.9. The van der Waals surface area contributed by atoms with Crippen LogP contribution >= 0.6 is 11.3 Å². The fourth-order valence-electron chi connectivity index (χ4n) is 1.64. The zero-order valence-electron chi connectivity index (χ0n) is 10.9. The molecule has 0 bridgehead atoms. The van der Waals surface area contributed by atoms with E-state index in [1.165, 1.54) is 17.5 Å². The van der Waals surface area contributed by atoms with Gasteiger partial charge in [0, 0.05) is 11.1 Å². The summed E-state index contributed by atoms with van der Waals surface area (Å²) < 4.78 is 0. The minimum absolute atomic E-state index is 0.107. The highest BCUT2D eigenvalue weighted by atomic mass is 32.1. The fourth-order valence-corrected chi connectivity index (χ4v) is 2.54. The van der Waals surface area contributed by atoms with Gasteiger partial charge in [0.15, 0.2) is 5.13 Å². The summed E-state index contributed by atoms with van der Waals surface area (Å²) in [4.78, 5) is 24.5. The van der Waals surface area contributed by atoms with Crippen molar-refractivity contribution in [2.24, 2.45) is 0 Å². The lowest BCUT2D eigenvalue weighted by Crippen LogP contribution is -2.06. The van der Waals surface area contributed by atoms with E-state index in [0.717, 1.165) is 22.1 Å². The fraction of sp³-hybridized carbons (Fsp3) is 0.333. The third kappa shape index (κ3) is 2.87. The molecule has 0 amide bonds. The van der Waals surface area contributed by atoms with E-state index in [2.05, 4.69) is 20.3 Å². The summed E-state index contributed by atoms with van der Waals surface area (Å²) in [6.45, 7) is 5.70. The first-order valence-electron chi connectivity index (χ1n) is 5.81. The number of hydrogen-bond acceptors (Lipinski definition) is 6. The summed E-state index contributed by atoms with van der Waals surface area (Å²) in [6.07, 6.45) is 2.18. The summed E-state index contributed by atoms with van der Waals surface area (Å²) in [5.41, 5.74) is 1.58. The van der Waals surface area contributed by atoms with E-state index in [1.807, 2.05) is 13.8 Å². The minimum Gasteiger partial charge on any atom is -0.478 e. The lowest BCUT2D eigenvalue weighted by Gasteiger charge is -2.03. The Labute approximate surface area is 114 Å². The van der Waals surface area contributed by atoms with Crippen molar-refractivity contribution in [1.82, 2.24) is 15.0 Å². The van der Waals surface area contributed by atoms with Crippen LogP contribution in [0.25, 0.3) is 0 Å². The molecule has 2 aromatic heterocycles. The Morgan fingerprint density at radius 3 is 2.68 bits per heavy atom. The zero-order valence-corrected chi connectivity index (χ0v) is 11.7. The molecule has 7 heteroatoms. The number of carboxylic acid groups (broad SMARTS) is 1. The summed E-state index contributed by atoms with van der Waals surface area (Å²) in [5.74, 6) is -0.665. The van der Waals surface area contributed by atoms with Crippen molar-refractivity contribution < 1.29 is 9.90 Å². The summed E-state index contributed by atoms with van der Waals surface area (Å²) >= 11 is 1.53. The predicted molar refractivity (Wildman–Crippen MR) is 73.2 cm³/mol. The average Bonchev–Trinajstić information content (AvgIpc) is 2.69. The highest BCUT2D eigenvalue weighted by Gasteiger charge is 2.11. The van der Waals surface area contributed by atoms with Crippen LogP contribution in [0, 0.1) is 13.8 Å². The van der Waals surface area contributed by atoms with Crippen molar-refractivity contribution in [2.75, 3.05) is 5.32 Å². The summed E-state index contributed by atoms with van der Waals surface area (Å²) in [5, 5.41) is 12.6. The molecule has 0 aliphatic heterocycles. The molecule has 0 aliphatic rings. The number of thiazole rings is 1. The molecule has 6 nitrogen and oxygen atoms in total. The van der Waals surface area contributed by atoms with Crippen LogP contribution < -0.4 is 5.32 Å². The van der Waals surface area contributed by atoms with E-state index >= 15 is 0 Å². The van der Waals surface area contributed by atoms with Crippen LogP contribution in [0.2, 0.25) is 0 Å². The molecule has 2 N–H and O–H groups in total. The van der Waals surface area contributed by atoms with Gasteiger partial charge in [-0.05, 0) is 20.3 Å². The van der Waals surface area contributed by atoms with Gasteiger partial charge in [0.25, 0.3) is 0 Å². The maximum absolute atomic E-state index is 10.9. The molecule has 2 aromatic rings. The average molecular weight is 278 g/mol. The predicted octanol–water partition coefficient (Wildman–Crippen LogP) is 2.55. The van der Waals surface area contributed by atoms with Gasteiger partial charge in [-0.2, -0.15) is 0 Å². The Morgan fingerprint density at radius 2 is 2.16 bits per heavy atom. The summed E-state index contributed by atoms with van der Waals surface area (Å²) in [6, 6.07) is 0. The van der Waals surface area contributed by atoms with Crippen LogP contribution in [0.15, 0.2) is 6.20 Å². The highest BCUT2D eigenvalue weighted by molar-refractivity contribution is 7.15. The number of anilines is 2. The lowest BCUT2D eigenvalue weighted by molar-refractivity contribution is 0.0695. The Bertz CT molecular complexity index is 624. The second-order valence-electron chi connectivity index (χ2n) is 4.00. The topological polar surface area (TPSA) is 88.0 Å². The van der Waals surface area contributed by atoms with Crippen LogP contribution in [0.4, 0.5) is 11.1 Å². The van der Waals surface area contributed by atoms with Gasteiger partial charge in [0.1, 0.15) is 0 Å². The normalized spacial score (nSPS) is 10.5. The molecule has 19 heavy (non-hydrogen) atoms. The SMILES string of the molecule is CCc1nc(Nc2ncc(C(=O)O)c(C)n2)sc1C. The van der Waals surface area contributed by atoms with E-state index in [4.69, 9.17) is 5.11 Å². The van der Waals surface area contributed by atoms with E-state index < -0.39 is 5.97 Å². The van der Waals surface area contributed by atoms with Crippen molar-refractivity contribution in [3.63, 3.8) is 0 Å².